The van der Waals surface area contributed by atoms with E-state index in [1.807, 2.05) is 36.4 Å². The van der Waals surface area contributed by atoms with Crippen LogP contribution in [-0.2, 0) is 9.53 Å². The van der Waals surface area contributed by atoms with Gasteiger partial charge in [0, 0.05) is 12.5 Å². The van der Waals surface area contributed by atoms with E-state index < -0.39 is 5.97 Å². The number of carbonyl (C=O) groups is 1. The highest BCUT2D eigenvalue weighted by Gasteiger charge is 2.14. The fraction of sp³-hybridized carbons (Fsp3) is 0.312. The number of carboxylic acid groups (broad SMARTS) is 1. The van der Waals surface area contributed by atoms with Gasteiger partial charge in [-0.3, -0.25) is 0 Å². The molecule has 0 unspecified atom stereocenters. The Morgan fingerprint density at radius 3 is 2.50 bits per heavy atom. The summed E-state index contributed by atoms with van der Waals surface area (Å²) in [5, 5.41) is 10.7. The fourth-order valence-corrected chi connectivity index (χ4v) is 2.35. The summed E-state index contributed by atoms with van der Waals surface area (Å²) in [6, 6.07) is 11.5. The highest BCUT2D eigenvalue weighted by Crippen LogP contribution is 2.33. The Hall–Kier alpha value is -2.07. The lowest BCUT2D eigenvalue weighted by atomic mass is 9.98. The van der Waals surface area contributed by atoms with Crippen LogP contribution in [-0.4, -0.2) is 24.8 Å². The van der Waals surface area contributed by atoms with E-state index in [4.69, 9.17) is 14.6 Å². The quantitative estimate of drug-likeness (QED) is 0.877. The molecule has 1 atom stereocenters. The van der Waals surface area contributed by atoms with Gasteiger partial charge in [-0.25, -0.2) is 4.79 Å². The Kier molecular flexibility index (Phi) is 4.58. The molecule has 0 heterocycles. The molecular weight excluding hydrogens is 256 g/mol. The van der Waals surface area contributed by atoms with Crippen molar-refractivity contribution < 1.29 is 19.4 Å². The van der Waals surface area contributed by atoms with Gasteiger partial charge < -0.3 is 14.6 Å². The van der Waals surface area contributed by atoms with Crippen molar-refractivity contribution in [1.82, 2.24) is 0 Å². The zero-order chi connectivity index (χ0) is 14.5. The second-order valence-corrected chi connectivity index (χ2v) is 4.51. The monoisotopic (exact) mass is 274 g/mol. The van der Waals surface area contributed by atoms with E-state index >= 15 is 0 Å². The largest absolute Gasteiger partial charge is 0.481 e. The van der Waals surface area contributed by atoms with Crippen LogP contribution in [0.1, 0.15) is 25.0 Å². The average Bonchev–Trinajstić information content (AvgIpc) is 2.47. The maximum atomic E-state index is 10.6. The zero-order valence-electron chi connectivity index (χ0n) is 11.6. The second kappa shape index (κ2) is 6.39. The van der Waals surface area contributed by atoms with Gasteiger partial charge in [-0.15, -0.1) is 0 Å². The number of ether oxygens (including phenoxy) is 2. The van der Waals surface area contributed by atoms with Gasteiger partial charge in [-0.05, 0) is 23.4 Å². The number of carboxylic acids is 1. The molecule has 0 aliphatic carbocycles. The first-order valence-electron chi connectivity index (χ1n) is 6.56. The third-order valence-corrected chi connectivity index (χ3v) is 3.27. The van der Waals surface area contributed by atoms with Crippen molar-refractivity contribution in [2.24, 2.45) is 0 Å². The summed E-state index contributed by atoms with van der Waals surface area (Å²) in [6.07, 6.45) is 0.893. The van der Waals surface area contributed by atoms with Gasteiger partial charge in [-0.2, -0.15) is 0 Å². The number of rotatable bonds is 6. The van der Waals surface area contributed by atoms with Crippen LogP contribution in [0.5, 0.6) is 5.75 Å². The molecule has 2 rings (SSSR count). The van der Waals surface area contributed by atoms with Crippen LogP contribution in [0.25, 0.3) is 10.8 Å². The smallest absolute Gasteiger partial charge is 0.341 e. The van der Waals surface area contributed by atoms with Crippen LogP contribution >= 0.6 is 0 Å². The van der Waals surface area contributed by atoms with Crippen LogP contribution in [0.4, 0.5) is 0 Å². The molecule has 2 aromatic carbocycles. The summed E-state index contributed by atoms with van der Waals surface area (Å²) in [6.45, 7) is 1.72. The molecule has 106 valence electrons. The van der Waals surface area contributed by atoms with Gasteiger partial charge in [-0.1, -0.05) is 37.3 Å². The molecule has 0 spiro atoms. The molecular formula is C16H18O4. The summed E-state index contributed by atoms with van der Waals surface area (Å²) in [5.74, 6) is -0.404. The molecule has 4 nitrogen and oxygen atoms in total. The summed E-state index contributed by atoms with van der Waals surface area (Å²) in [4.78, 5) is 10.6. The van der Waals surface area contributed by atoms with Crippen LogP contribution < -0.4 is 4.74 Å². The fourth-order valence-electron chi connectivity index (χ4n) is 2.35. The number of hydrogen-bond acceptors (Lipinski definition) is 3. The summed E-state index contributed by atoms with van der Waals surface area (Å²) < 4.78 is 10.8. The molecule has 2 aromatic rings. The Bertz CT molecular complexity index is 602. The van der Waals surface area contributed by atoms with Crippen molar-refractivity contribution in [1.29, 1.82) is 0 Å². The molecule has 0 aromatic heterocycles. The van der Waals surface area contributed by atoms with E-state index in [1.165, 1.54) is 0 Å². The van der Waals surface area contributed by atoms with E-state index in [9.17, 15) is 4.79 Å². The molecule has 0 fully saturated rings. The predicted octanol–water partition coefficient (Wildman–Crippen LogP) is 3.40. The van der Waals surface area contributed by atoms with E-state index in [1.54, 1.807) is 7.11 Å². The predicted molar refractivity (Wildman–Crippen MR) is 77.1 cm³/mol. The second-order valence-electron chi connectivity index (χ2n) is 4.51. The molecule has 0 radical (unpaired) electrons. The summed E-state index contributed by atoms with van der Waals surface area (Å²) >= 11 is 0. The first-order valence-corrected chi connectivity index (χ1v) is 6.56. The third kappa shape index (κ3) is 2.91. The summed E-state index contributed by atoms with van der Waals surface area (Å²) in [5.41, 5.74) is 1.09. The number of aliphatic carboxylic acids is 1. The highest BCUT2D eigenvalue weighted by atomic mass is 16.5. The van der Waals surface area contributed by atoms with Crippen molar-refractivity contribution in [3.05, 3.63) is 42.0 Å². The van der Waals surface area contributed by atoms with Crippen LogP contribution in [0.2, 0.25) is 0 Å². The lowest BCUT2D eigenvalue weighted by Gasteiger charge is -2.17. The lowest BCUT2D eigenvalue weighted by Crippen LogP contribution is -2.10. The van der Waals surface area contributed by atoms with Crippen LogP contribution in [0, 0.1) is 0 Å². The number of methoxy groups -OCH3 is 1. The number of fused-ring (bicyclic) bond motifs is 1. The van der Waals surface area contributed by atoms with Crippen molar-refractivity contribution in [3.8, 4) is 5.75 Å². The minimum atomic E-state index is -0.985. The van der Waals surface area contributed by atoms with Crippen molar-refractivity contribution in [2.45, 2.75) is 19.4 Å². The van der Waals surface area contributed by atoms with Gasteiger partial charge in [0.15, 0.2) is 6.61 Å². The Morgan fingerprint density at radius 2 is 1.90 bits per heavy atom. The standard InChI is InChI=1S/C16H18O4/c1-3-14(19-2)13-8-9-15(20-10-16(17)18)12-7-5-4-6-11(12)13/h4-9,14H,3,10H2,1-2H3,(H,17,18)/t14-/m1/s1. The highest BCUT2D eigenvalue weighted by molar-refractivity contribution is 5.91. The van der Waals surface area contributed by atoms with Crippen LogP contribution in [0.3, 0.4) is 0 Å². The minimum absolute atomic E-state index is 0.0217. The topological polar surface area (TPSA) is 55.8 Å². The normalized spacial score (nSPS) is 12.3. The maximum absolute atomic E-state index is 10.6. The molecule has 0 aliphatic heterocycles. The molecule has 0 aliphatic rings. The van der Waals surface area contributed by atoms with Gasteiger partial charge in [0.2, 0.25) is 0 Å². The zero-order valence-corrected chi connectivity index (χ0v) is 11.6. The molecule has 0 saturated carbocycles. The molecule has 1 N–H and O–H groups in total. The van der Waals surface area contributed by atoms with Crippen molar-refractivity contribution in [3.63, 3.8) is 0 Å². The van der Waals surface area contributed by atoms with E-state index in [-0.39, 0.29) is 12.7 Å². The Morgan fingerprint density at radius 1 is 1.20 bits per heavy atom. The first kappa shape index (κ1) is 14.3. The maximum Gasteiger partial charge on any atom is 0.341 e. The van der Waals surface area contributed by atoms with Gasteiger partial charge in [0.25, 0.3) is 0 Å². The SMILES string of the molecule is CC[C@@H](OC)c1ccc(OCC(=O)O)c2ccccc12. The number of hydrogen-bond donors (Lipinski definition) is 1. The molecule has 4 heteroatoms. The van der Waals surface area contributed by atoms with E-state index in [0.717, 1.165) is 22.8 Å². The molecule has 0 saturated heterocycles. The minimum Gasteiger partial charge on any atom is -0.481 e. The first-order chi connectivity index (χ1) is 9.67. The molecule has 20 heavy (non-hydrogen) atoms. The van der Waals surface area contributed by atoms with Gasteiger partial charge in [0.05, 0.1) is 6.10 Å². The van der Waals surface area contributed by atoms with Gasteiger partial charge in [0.1, 0.15) is 5.75 Å². The average molecular weight is 274 g/mol. The third-order valence-electron chi connectivity index (χ3n) is 3.27. The van der Waals surface area contributed by atoms with Crippen molar-refractivity contribution in [2.75, 3.05) is 13.7 Å². The molecule has 0 bridgehead atoms. The number of benzene rings is 2. The Balaban J connectivity index is 2.49. The van der Waals surface area contributed by atoms with Gasteiger partial charge >= 0.3 is 5.97 Å². The lowest BCUT2D eigenvalue weighted by molar-refractivity contribution is -0.139. The molecule has 0 amide bonds. The van der Waals surface area contributed by atoms with Crippen LogP contribution in [0.15, 0.2) is 36.4 Å². The summed E-state index contributed by atoms with van der Waals surface area (Å²) in [7, 11) is 1.69. The van der Waals surface area contributed by atoms with Crippen molar-refractivity contribution >= 4 is 16.7 Å². The van der Waals surface area contributed by atoms with E-state index in [0.29, 0.717) is 5.75 Å². The Labute approximate surface area is 117 Å². The van der Waals surface area contributed by atoms with E-state index in [2.05, 4.69) is 6.92 Å².